The fourth-order valence-corrected chi connectivity index (χ4v) is 2.46. The third kappa shape index (κ3) is 2.12. The monoisotopic (exact) mass is 234 g/mol. The second-order valence-corrected chi connectivity index (χ2v) is 4.95. The van der Waals surface area contributed by atoms with Crippen LogP contribution in [-0.4, -0.2) is 17.5 Å². The predicted octanol–water partition coefficient (Wildman–Crippen LogP) is 3.14. The van der Waals surface area contributed by atoms with Gasteiger partial charge in [-0.25, -0.2) is 0 Å². The number of anilines is 1. The zero-order valence-electron chi connectivity index (χ0n) is 10.5. The molecule has 1 saturated heterocycles. The highest BCUT2D eigenvalue weighted by Crippen LogP contribution is 2.35. The maximum atomic E-state index is 11.1. The van der Waals surface area contributed by atoms with Gasteiger partial charge < -0.3 is 4.90 Å². The van der Waals surface area contributed by atoms with Gasteiger partial charge in [0.15, 0.2) is 0 Å². The Morgan fingerprint density at radius 3 is 2.65 bits per heavy atom. The van der Waals surface area contributed by atoms with E-state index in [9.17, 15) is 10.1 Å². The van der Waals surface area contributed by atoms with Crippen molar-refractivity contribution in [1.29, 1.82) is 0 Å². The van der Waals surface area contributed by atoms with Crippen LogP contribution < -0.4 is 4.90 Å². The second-order valence-electron chi connectivity index (χ2n) is 4.95. The molecule has 2 atom stereocenters. The van der Waals surface area contributed by atoms with Crippen molar-refractivity contribution in [2.75, 3.05) is 11.4 Å². The molecule has 92 valence electrons. The molecule has 1 fully saturated rings. The number of hydrogen-bond donors (Lipinski definition) is 0. The highest BCUT2D eigenvalue weighted by atomic mass is 16.6. The molecule has 0 saturated carbocycles. The molecule has 1 aromatic rings. The van der Waals surface area contributed by atoms with Crippen molar-refractivity contribution in [3.8, 4) is 0 Å². The summed E-state index contributed by atoms with van der Waals surface area (Å²) in [7, 11) is 0. The van der Waals surface area contributed by atoms with E-state index in [1.165, 1.54) is 0 Å². The van der Waals surface area contributed by atoms with Gasteiger partial charge in [0, 0.05) is 18.7 Å². The van der Waals surface area contributed by atoms with Crippen molar-refractivity contribution in [2.45, 2.75) is 33.2 Å². The minimum Gasteiger partial charge on any atom is -0.363 e. The Bertz CT molecular complexity index is 445. The van der Waals surface area contributed by atoms with Crippen LogP contribution in [0.4, 0.5) is 11.4 Å². The molecule has 1 aromatic carbocycles. The van der Waals surface area contributed by atoms with Crippen LogP contribution in [0, 0.1) is 23.0 Å². The first-order valence-electron chi connectivity index (χ1n) is 6.02. The molecule has 0 N–H and O–H groups in total. The molecule has 0 bridgehead atoms. The molecular weight excluding hydrogens is 216 g/mol. The zero-order chi connectivity index (χ0) is 12.6. The number of nitro benzene ring substituents is 1. The number of nitro groups is 1. The van der Waals surface area contributed by atoms with Crippen molar-refractivity contribution in [1.82, 2.24) is 0 Å². The molecule has 2 unspecified atom stereocenters. The normalized spacial score (nSPS) is 24.1. The van der Waals surface area contributed by atoms with Gasteiger partial charge >= 0.3 is 0 Å². The summed E-state index contributed by atoms with van der Waals surface area (Å²) in [4.78, 5) is 13.0. The Morgan fingerprint density at radius 1 is 1.41 bits per heavy atom. The van der Waals surface area contributed by atoms with Crippen LogP contribution in [0.3, 0.4) is 0 Å². The van der Waals surface area contributed by atoms with Crippen LogP contribution in [0.15, 0.2) is 18.2 Å². The first-order valence-corrected chi connectivity index (χ1v) is 6.02. The molecule has 17 heavy (non-hydrogen) atoms. The maximum Gasteiger partial charge on any atom is 0.292 e. The van der Waals surface area contributed by atoms with Crippen LogP contribution in [-0.2, 0) is 0 Å². The average molecular weight is 234 g/mol. The summed E-state index contributed by atoms with van der Waals surface area (Å²) in [6.45, 7) is 7.13. The van der Waals surface area contributed by atoms with Crippen LogP contribution in [0.2, 0.25) is 0 Å². The van der Waals surface area contributed by atoms with Crippen molar-refractivity contribution in [2.24, 2.45) is 5.92 Å². The van der Waals surface area contributed by atoms with Gasteiger partial charge in [-0.05, 0) is 37.8 Å². The molecule has 4 heteroatoms. The standard InChI is InChI=1S/C13H18N2O2/c1-9-4-5-12(13(8-9)15(16)17)14-7-6-10(2)11(14)3/h4-5,8,10-11H,6-7H2,1-3H3. The third-order valence-electron chi connectivity index (χ3n) is 3.78. The second kappa shape index (κ2) is 4.35. The fraction of sp³-hybridized carbons (Fsp3) is 0.538. The number of rotatable bonds is 2. The molecule has 2 rings (SSSR count). The molecule has 0 amide bonds. The van der Waals surface area contributed by atoms with E-state index in [1.807, 2.05) is 19.1 Å². The van der Waals surface area contributed by atoms with Gasteiger partial charge in [0.05, 0.1) is 4.92 Å². The van der Waals surface area contributed by atoms with Crippen molar-refractivity contribution >= 4 is 11.4 Å². The van der Waals surface area contributed by atoms with Gasteiger partial charge in [-0.3, -0.25) is 10.1 Å². The molecule has 0 aromatic heterocycles. The van der Waals surface area contributed by atoms with E-state index in [1.54, 1.807) is 6.07 Å². The van der Waals surface area contributed by atoms with Gasteiger partial charge in [-0.2, -0.15) is 0 Å². The van der Waals surface area contributed by atoms with Crippen LogP contribution in [0.5, 0.6) is 0 Å². The van der Waals surface area contributed by atoms with Crippen LogP contribution in [0.25, 0.3) is 0 Å². The topological polar surface area (TPSA) is 46.4 Å². The van der Waals surface area contributed by atoms with Gasteiger partial charge in [-0.15, -0.1) is 0 Å². The zero-order valence-corrected chi connectivity index (χ0v) is 10.5. The molecule has 4 nitrogen and oxygen atoms in total. The van der Waals surface area contributed by atoms with E-state index in [0.29, 0.717) is 12.0 Å². The third-order valence-corrected chi connectivity index (χ3v) is 3.78. The maximum absolute atomic E-state index is 11.1. The van der Waals surface area contributed by atoms with Crippen molar-refractivity contribution in [3.05, 3.63) is 33.9 Å². The lowest BCUT2D eigenvalue weighted by Gasteiger charge is -2.25. The Morgan fingerprint density at radius 2 is 2.12 bits per heavy atom. The Balaban J connectivity index is 2.42. The minimum atomic E-state index is -0.280. The molecular formula is C13H18N2O2. The fourth-order valence-electron chi connectivity index (χ4n) is 2.46. The molecule has 0 spiro atoms. The Kier molecular flexibility index (Phi) is 3.05. The highest BCUT2D eigenvalue weighted by Gasteiger charge is 2.31. The molecule has 1 heterocycles. The first kappa shape index (κ1) is 11.9. The number of aryl methyl sites for hydroxylation is 1. The first-order chi connectivity index (χ1) is 8.00. The average Bonchev–Trinajstić information content (AvgIpc) is 2.60. The molecule has 1 aliphatic heterocycles. The van der Waals surface area contributed by atoms with Crippen LogP contribution in [0.1, 0.15) is 25.8 Å². The summed E-state index contributed by atoms with van der Waals surface area (Å²) in [5.74, 6) is 0.593. The van der Waals surface area contributed by atoms with Crippen molar-refractivity contribution < 1.29 is 4.92 Å². The van der Waals surface area contributed by atoms with E-state index in [0.717, 1.165) is 24.2 Å². The summed E-state index contributed by atoms with van der Waals surface area (Å²) < 4.78 is 0. The SMILES string of the molecule is Cc1ccc(N2CCC(C)C2C)c([N+](=O)[O-])c1. The number of benzene rings is 1. The van der Waals surface area contributed by atoms with E-state index < -0.39 is 0 Å². The summed E-state index contributed by atoms with van der Waals surface area (Å²) in [6.07, 6.45) is 1.10. The van der Waals surface area contributed by atoms with Gasteiger partial charge in [0.1, 0.15) is 5.69 Å². The number of hydrogen-bond acceptors (Lipinski definition) is 3. The Labute approximate surface area is 101 Å². The summed E-state index contributed by atoms with van der Waals surface area (Å²) in [5.41, 5.74) is 1.92. The number of nitrogens with zero attached hydrogens (tertiary/aromatic N) is 2. The van der Waals surface area contributed by atoms with Crippen molar-refractivity contribution in [3.63, 3.8) is 0 Å². The summed E-state index contributed by atoms with van der Waals surface area (Å²) in [6, 6.07) is 5.85. The van der Waals surface area contributed by atoms with Crippen LogP contribution >= 0.6 is 0 Å². The van der Waals surface area contributed by atoms with Gasteiger partial charge in [0.2, 0.25) is 0 Å². The summed E-state index contributed by atoms with van der Waals surface area (Å²) in [5, 5.41) is 11.1. The van der Waals surface area contributed by atoms with E-state index in [2.05, 4.69) is 18.7 Å². The largest absolute Gasteiger partial charge is 0.363 e. The predicted molar refractivity (Wildman–Crippen MR) is 68.4 cm³/mol. The molecule has 1 aliphatic rings. The van der Waals surface area contributed by atoms with Gasteiger partial charge in [-0.1, -0.05) is 13.0 Å². The summed E-state index contributed by atoms with van der Waals surface area (Å²) >= 11 is 0. The van der Waals surface area contributed by atoms with E-state index in [4.69, 9.17) is 0 Å². The lowest BCUT2D eigenvalue weighted by atomic mass is 10.0. The Hall–Kier alpha value is -1.58. The van der Waals surface area contributed by atoms with Gasteiger partial charge in [0.25, 0.3) is 5.69 Å². The highest BCUT2D eigenvalue weighted by molar-refractivity contribution is 5.65. The lowest BCUT2D eigenvalue weighted by Crippen LogP contribution is -2.29. The molecule has 0 radical (unpaired) electrons. The molecule has 0 aliphatic carbocycles. The smallest absolute Gasteiger partial charge is 0.292 e. The lowest BCUT2D eigenvalue weighted by molar-refractivity contribution is -0.384. The quantitative estimate of drug-likeness (QED) is 0.583. The van der Waals surface area contributed by atoms with E-state index in [-0.39, 0.29) is 10.6 Å². The van der Waals surface area contributed by atoms with E-state index >= 15 is 0 Å². The minimum absolute atomic E-state index is 0.228.